The molecule has 0 spiro atoms. The molecular formula is C42H36ClF2N5O4S. The summed E-state index contributed by atoms with van der Waals surface area (Å²) in [7, 11) is 1.94. The average molecular weight is 780 g/mol. The van der Waals surface area contributed by atoms with Crippen molar-refractivity contribution in [3.05, 3.63) is 188 Å². The van der Waals surface area contributed by atoms with Crippen molar-refractivity contribution in [2.75, 3.05) is 12.4 Å². The second-order valence-electron chi connectivity index (χ2n) is 12.7. The molecule has 0 saturated carbocycles. The molecule has 0 aliphatic heterocycles. The topological polar surface area (TPSA) is 97.6 Å². The summed E-state index contributed by atoms with van der Waals surface area (Å²) in [5.74, 6) is -1.60. The first kappa shape index (κ1) is 38.8. The fraction of sp³-hybridized carbons (Fsp3) is 0.119. The van der Waals surface area contributed by atoms with Crippen LogP contribution in [0.3, 0.4) is 0 Å². The van der Waals surface area contributed by atoms with Gasteiger partial charge in [-0.05, 0) is 65.7 Å². The number of hydroxylamine groups is 1. The highest BCUT2D eigenvalue weighted by Gasteiger charge is 2.26. The SMILES string of the molecule is CN(Cc1ccccc1)Cc1c(-c2ccc(NC(=O)NOCc3ccccc3)cc2)sc2c1c(=O)n(-c1ccccc1)c(=O)n2Cc1c(F)cccc1F.Cl. The number of urea groups is 1. The summed E-state index contributed by atoms with van der Waals surface area (Å²) in [5.41, 5.74) is 4.97. The molecule has 2 amide bonds. The number of hydrogen-bond donors (Lipinski definition) is 2. The Kier molecular flexibility index (Phi) is 12.3. The van der Waals surface area contributed by atoms with E-state index in [0.29, 0.717) is 40.5 Å². The lowest BCUT2D eigenvalue weighted by molar-refractivity contribution is 0.0536. The van der Waals surface area contributed by atoms with Crippen LogP contribution in [0.1, 0.15) is 22.3 Å². The van der Waals surface area contributed by atoms with E-state index in [0.717, 1.165) is 27.8 Å². The van der Waals surface area contributed by atoms with Crippen LogP contribution < -0.4 is 22.0 Å². The number of fused-ring (bicyclic) bond motifs is 1. The van der Waals surface area contributed by atoms with Gasteiger partial charge in [0.1, 0.15) is 16.5 Å². The molecule has 55 heavy (non-hydrogen) atoms. The second-order valence-corrected chi connectivity index (χ2v) is 13.7. The first-order chi connectivity index (χ1) is 26.3. The number of nitrogens with one attached hydrogen (secondary N) is 2. The molecule has 5 aromatic carbocycles. The van der Waals surface area contributed by atoms with Crippen molar-refractivity contribution in [1.29, 1.82) is 0 Å². The van der Waals surface area contributed by atoms with Gasteiger partial charge in [0.25, 0.3) is 5.56 Å². The van der Waals surface area contributed by atoms with Crippen LogP contribution in [-0.4, -0.2) is 27.1 Å². The number of thiophene rings is 1. The second kappa shape index (κ2) is 17.5. The van der Waals surface area contributed by atoms with Crippen molar-refractivity contribution in [1.82, 2.24) is 19.5 Å². The van der Waals surface area contributed by atoms with Crippen molar-refractivity contribution in [2.24, 2.45) is 0 Å². The number of anilines is 1. The number of halogens is 3. The van der Waals surface area contributed by atoms with E-state index in [4.69, 9.17) is 4.84 Å². The van der Waals surface area contributed by atoms with Crippen LogP contribution in [0.15, 0.2) is 143 Å². The number of hydrogen-bond acceptors (Lipinski definition) is 6. The Morgan fingerprint density at radius 3 is 1.98 bits per heavy atom. The maximum atomic E-state index is 15.1. The van der Waals surface area contributed by atoms with Gasteiger partial charge in [-0.25, -0.2) is 28.4 Å². The van der Waals surface area contributed by atoms with E-state index in [-0.39, 0.29) is 34.8 Å². The average Bonchev–Trinajstić information content (AvgIpc) is 3.54. The Morgan fingerprint density at radius 1 is 0.745 bits per heavy atom. The van der Waals surface area contributed by atoms with Crippen LogP contribution in [0.25, 0.3) is 26.3 Å². The number of para-hydroxylation sites is 1. The zero-order valence-corrected chi connectivity index (χ0v) is 31.2. The summed E-state index contributed by atoms with van der Waals surface area (Å²) in [6.45, 7) is 0.627. The Labute approximate surface area is 325 Å². The van der Waals surface area contributed by atoms with Crippen molar-refractivity contribution < 1.29 is 18.4 Å². The highest BCUT2D eigenvalue weighted by molar-refractivity contribution is 7.22. The first-order valence-corrected chi connectivity index (χ1v) is 17.9. The molecule has 9 nitrogen and oxygen atoms in total. The summed E-state index contributed by atoms with van der Waals surface area (Å²) in [6, 6.07) is 37.8. The molecule has 0 aliphatic rings. The van der Waals surface area contributed by atoms with Crippen LogP contribution in [-0.2, 0) is 31.1 Å². The molecular weight excluding hydrogens is 744 g/mol. The van der Waals surface area contributed by atoms with Crippen LogP contribution in [0, 0.1) is 11.6 Å². The lowest BCUT2D eigenvalue weighted by Crippen LogP contribution is -2.39. The zero-order valence-electron chi connectivity index (χ0n) is 29.6. The summed E-state index contributed by atoms with van der Waals surface area (Å²) < 4.78 is 32.5. The van der Waals surface area contributed by atoms with Crippen LogP contribution >= 0.6 is 23.7 Å². The van der Waals surface area contributed by atoms with Crippen molar-refractivity contribution in [2.45, 2.75) is 26.2 Å². The van der Waals surface area contributed by atoms with Gasteiger partial charge < -0.3 is 5.32 Å². The molecule has 0 fully saturated rings. The number of aromatic nitrogens is 2. The molecule has 0 bridgehead atoms. The van der Waals surface area contributed by atoms with E-state index in [2.05, 4.69) is 15.7 Å². The highest BCUT2D eigenvalue weighted by Crippen LogP contribution is 2.39. The van der Waals surface area contributed by atoms with Crippen LogP contribution in [0.4, 0.5) is 19.3 Å². The summed E-state index contributed by atoms with van der Waals surface area (Å²) in [6.07, 6.45) is 0. The molecule has 7 rings (SSSR count). The summed E-state index contributed by atoms with van der Waals surface area (Å²) in [5, 5.41) is 3.02. The summed E-state index contributed by atoms with van der Waals surface area (Å²) in [4.78, 5) is 49.8. The van der Waals surface area contributed by atoms with Gasteiger partial charge in [0.2, 0.25) is 0 Å². The zero-order chi connectivity index (χ0) is 37.6. The van der Waals surface area contributed by atoms with Gasteiger partial charge in [-0.2, -0.15) is 0 Å². The number of rotatable bonds is 12. The molecule has 2 N–H and O–H groups in total. The van der Waals surface area contributed by atoms with Gasteiger partial charge in [0, 0.05) is 29.2 Å². The lowest BCUT2D eigenvalue weighted by atomic mass is 10.1. The molecule has 2 aromatic heterocycles. The Hall–Kier alpha value is -5.92. The predicted octanol–water partition coefficient (Wildman–Crippen LogP) is 8.51. The number of carbonyl (C=O) groups is 1. The minimum Gasteiger partial charge on any atom is -0.306 e. The lowest BCUT2D eigenvalue weighted by Gasteiger charge is -2.18. The quantitative estimate of drug-likeness (QED) is 0.121. The van der Waals surface area contributed by atoms with E-state index in [9.17, 15) is 14.4 Å². The standard InChI is InChI=1S/C42H35F2N5O4S.ClH/c1-47(24-28-12-5-2-6-13-28)25-34-37-39(50)49(32-16-9-4-10-17-32)42(52)48(26-33-35(43)18-11-19-36(33)44)40(37)54-38(34)30-20-22-31(23-21-30)45-41(51)46-53-27-29-14-7-3-8-15-29;/h2-23H,24-27H2,1H3,(H2,45,46,51);1H. The third-order valence-electron chi connectivity index (χ3n) is 8.84. The fourth-order valence-corrected chi connectivity index (χ4v) is 7.58. The largest absolute Gasteiger partial charge is 0.343 e. The smallest absolute Gasteiger partial charge is 0.306 e. The molecule has 0 atom stereocenters. The third-order valence-corrected chi connectivity index (χ3v) is 10.1. The minimum atomic E-state index is -0.801. The summed E-state index contributed by atoms with van der Waals surface area (Å²) >= 11 is 1.20. The molecule has 2 heterocycles. The minimum absolute atomic E-state index is 0. The molecule has 0 unspecified atom stereocenters. The highest BCUT2D eigenvalue weighted by atomic mass is 35.5. The van der Waals surface area contributed by atoms with Gasteiger partial charge in [0.15, 0.2) is 0 Å². The van der Waals surface area contributed by atoms with Gasteiger partial charge in [-0.15, -0.1) is 23.7 Å². The van der Waals surface area contributed by atoms with Gasteiger partial charge in [-0.1, -0.05) is 97.1 Å². The van der Waals surface area contributed by atoms with Crippen molar-refractivity contribution in [3.63, 3.8) is 0 Å². The molecule has 13 heteroatoms. The maximum Gasteiger partial charge on any atom is 0.343 e. The van der Waals surface area contributed by atoms with Crippen molar-refractivity contribution >= 4 is 45.7 Å². The fourth-order valence-electron chi connectivity index (χ4n) is 6.28. The molecule has 0 aliphatic carbocycles. The number of carbonyl (C=O) groups excluding carboxylic acids is 1. The van der Waals surface area contributed by atoms with E-state index in [1.165, 1.54) is 22.0 Å². The van der Waals surface area contributed by atoms with E-state index in [1.807, 2.05) is 67.7 Å². The molecule has 0 radical (unpaired) electrons. The Balaban J connectivity index is 0.00000514. The normalized spacial score (nSPS) is 11.1. The first-order valence-electron chi connectivity index (χ1n) is 17.1. The van der Waals surface area contributed by atoms with Crippen molar-refractivity contribution in [3.8, 4) is 16.1 Å². The molecule has 0 saturated heterocycles. The third kappa shape index (κ3) is 8.74. The predicted molar refractivity (Wildman–Crippen MR) is 215 cm³/mol. The number of amides is 2. The van der Waals surface area contributed by atoms with Gasteiger partial charge in [-0.3, -0.25) is 19.1 Å². The van der Waals surface area contributed by atoms with Crippen LogP contribution in [0.2, 0.25) is 0 Å². The monoisotopic (exact) mass is 779 g/mol. The Morgan fingerprint density at radius 2 is 1.35 bits per heavy atom. The van der Waals surface area contributed by atoms with Gasteiger partial charge in [0.05, 0.1) is 24.2 Å². The van der Waals surface area contributed by atoms with Gasteiger partial charge >= 0.3 is 11.7 Å². The van der Waals surface area contributed by atoms with E-state index >= 15 is 8.78 Å². The molecule has 7 aromatic rings. The Bertz CT molecular complexity index is 2510. The number of nitrogens with zero attached hydrogens (tertiary/aromatic N) is 3. The van der Waals surface area contributed by atoms with E-state index in [1.54, 1.807) is 54.6 Å². The maximum absolute atomic E-state index is 15.1. The van der Waals surface area contributed by atoms with Crippen LogP contribution in [0.5, 0.6) is 0 Å². The van der Waals surface area contributed by atoms with E-state index < -0.39 is 35.5 Å². The number of benzene rings is 5. The molecule has 280 valence electrons.